The van der Waals surface area contributed by atoms with E-state index in [0.29, 0.717) is 10.7 Å². The van der Waals surface area contributed by atoms with Crippen molar-refractivity contribution in [3.8, 4) is 10.6 Å². The van der Waals surface area contributed by atoms with Gasteiger partial charge >= 0.3 is 0 Å². The minimum Gasteiger partial charge on any atom is -0.359 e. The molecule has 9 heteroatoms. The lowest BCUT2D eigenvalue weighted by atomic mass is 9.72. The fourth-order valence-electron chi connectivity index (χ4n) is 3.23. The van der Waals surface area contributed by atoms with Crippen LogP contribution in [0.5, 0.6) is 0 Å². The first kappa shape index (κ1) is 20.0. The fraction of sp³-hybridized carbons (Fsp3) is 0.211. The Morgan fingerprint density at radius 2 is 1.82 bits per heavy atom. The minimum atomic E-state index is -0.232. The Kier molecular flexibility index (Phi) is 5.83. The molecule has 1 saturated carbocycles. The molecular formula is C19H15FI2N4OS. The van der Waals surface area contributed by atoms with Gasteiger partial charge in [0.15, 0.2) is 0 Å². The summed E-state index contributed by atoms with van der Waals surface area (Å²) in [6, 6.07) is 14.1. The van der Waals surface area contributed by atoms with E-state index in [1.165, 1.54) is 24.8 Å². The number of anilines is 1. The quantitative estimate of drug-likeness (QED) is 0.282. The smallest absolute Gasteiger partial charge is 0.281 e. The van der Waals surface area contributed by atoms with E-state index in [0.717, 1.165) is 35.4 Å². The van der Waals surface area contributed by atoms with Crippen molar-refractivity contribution < 1.29 is 9.18 Å². The maximum Gasteiger partial charge on any atom is 0.281 e. The summed E-state index contributed by atoms with van der Waals surface area (Å²) in [7, 11) is 0. The van der Waals surface area contributed by atoms with Crippen LogP contribution < -0.4 is 5.32 Å². The Bertz CT molecular complexity index is 988. The summed E-state index contributed by atoms with van der Waals surface area (Å²) in [4.78, 5) is 13.6. The molecule has 2 heterocycles. The summed E-state index contributed by atoms with van der Waals surface area (Å²) in [5.74, 6) is 0.408. The first-order valence-corrected chi connectivity index (χ1v) is 11.4. The van der Waals surface area contributed by atoms with Crippen LogP contribution in [-0.4, -0.2) is 17.4 Å². The van der Waals surface area contributed by atoms with Crippen LogP contribution in [0.2, 0.25) is 0 Å². The summed E-state index contributed by atoms with van der Waals surface area (Å²) in [5, 5.41) is 12.1. The normalized spacial score (nSPS) is 15.0. The Balaban J connectivity index is 1.52. The number of carbonyl (C=O) groups is 1. The van der Waals surface area contributed by atoms with Gasteiger partial charge < -0.3 is 5.32 Å². The molecule has 4 rings (SSSR count). The Morgan fingerprint density at radius 3 is 2.39 bits per heavy atom. The average Bonchev–Trinajstić information content (AvgIpc) is 3.15. The van der Waals surface area contributed by atoms with Crippen LogP contribution in [0.15, 0.2) is 48.5 Å². The van der Waals surface area contributed by atoms with E-state index in [1.807, 2.05) is 76.1 Å². The first-order chi connectivity index (χ1) is 13.5. The largest absolute Gasteiger partial charge is 0.359 e. The number of hydrogen-bond acceptors (Lipinski definition) is 5. The maximum absolute atomic E-state index is 13.3. The third kappa shape index (κ3) is 4.01. The lowest BCUT2D eigenvalue weighted by Gasteiger charge is -2.43. The Hall–Kier alpha value is -1.34. The average molecular weight is 620 g/mol. The second-order valence-corrected chi connectivity index (χ2v) is 11.4. The number of amides is 1. The van der Waals surface area contributed by atoms with Crippen molar-refractivity contribution in [3.05, 3.63) is 64.8 Å². The highest BCUT2D eigenvalue weighted by Gasteiger charge is 2.39. The number of hydrogen-bond donors (Lipinski definition) is 1. The van der Waals surface area contributed by atoms with E-state index in [4.69, 9.17) is 0 Å². The molecule has 2 aromatic heterocycles. The summed E-state index contributed by atoms with van der Waals surface area (Å²) >= 11 is 5.29. The maximum atomic E-state index is 13.3. The number of nitrogens with one attached hydrogen (secondary N) is 1. The van der Waals surface area contributed by atoms with Crippen LogP contribution in [0.4, 0.5) is 10.2 Å². The lowest BCUT2D eigenvalue weighted by molar-refractivity contribution is 0.0956. The predicted octanol–water partition coefficient (Wildman–Crippen LogP) is 5.98. The minimum absolute atomic E-state index is 0.0464. The Labute approximate surface area is 193 Å². The highest BCUT2D eigenvalue weighted by atomic mass is 127. The van der Waals surface area contributed by atoms with E-state index in [-0.39, 0.29) is 17.3 Å². The summed E-state index contributed by atoms with van der Waals surface area (Å²) < 4.78 is 14.8. The molecule has 0 atom stereocenters. The molecule has 0 saturated heterocycles. The van der Waals surface area contributed by atoms with E-state index >= 15 is 0 Å². The number of thiophene rings is 1. The zero-order chi connectivity index (χ0) is 19.7. The van der Waals surface area contributed by atoms with Gasteiger partial charge in [0.1, 0.15) is 17.3 Å². The molecule has 0 bridgehead atoms. The fourth-order valence-corrected chi connectivity index (χ4v) is 4.98. The van der Waals surface area contributed by atoms with Gasteiger partial charge in [0, 0.05) is 0 Å². The molecule has 1 N–H and O–H groups in total. The van der Waals surface area contributed by atoms with E-state index < -0.39 is 0 Å². The van der Waals surface area contributed by atoms with E-state index in [9.17, 15) is 9.18 Å². The van der Waals surface area contributed by atoms with Crippen LogP contribution in [-0.2, 0) is 5.54 Å². The molecule has 5 nitrogen and oxygen atoms in total. The SMILES string of the molecule is O=C(c1ccc(-c2ccc(NC3(c4ccc(F)cc4)CCC3)nn2)s1)N(I)I. The van der Waals surface area contributed by atoms with Crippen LogP contribution in [0, 0.1) is 5.82 Å². The molecule has 0 radical (unpaired) electrons. The number of halogens is 3. The molecule has 1 aliphatic rings. The van der Waals surface area contributed by atoms with Gasteiger partial charge in [-0.15, -0.1) is 21.5 Å². The Morgan fingerprint density at radius 1 is 1.07 bits per heavy atom. The molecule has 0 aliphatic heterocycles. The summed E-state index contributed by atoms with van der Waals surface area (Å²) in [5.41, 5.74) is 1.58. The van der Waals surface area contributed by atoms with Crippen molar-refractivity contribution in [2.24, 2.45) is 0 Å². The van der Waals surface area contributed by atoms with Crippen molar-refractivity contribution >= 4 is 68.8 Å². The monoisotopic (exact) mass is 620 g/mol. The molecule has 144 valence electrons. The molecule has 1 fully saturated rings. The summed E-state index contributed by atoms with van der Waals surface area (Å²) in [6.07, 6.45) is 3.07. The van der Waals surface area contributed by atoms with Crippen LogP contribution in [0.1, 0.15) is 34.5 Å². The third-order valence-corrected chi connectivity index (χ3v) is 6.83. The topological polar surface area (TPSA) is 58.1 Å². The zero-order valence-corrected chi connectivity index (χ0v) is 19.7. The highest BCUT2D eigenvalue weighted by Crippen LogP contribution is 2.43. The van der Waals surface area contributed by atoms with Gasteiger partial charge in [0.25, 0.3) is 5.91 Å². The van der Waals surface area contributed by atoms with Gasteiger partial charge in [-0.1, -0.05) is 12.1 Å². The van der Waals surface area contributed by atoms with Gasteiger partial charge in [-0.25, -0.2) is 5.72 Å². The highest BCUT2D eigenvalue weighted by molar-refractivity contribution is 14.2. The molecule has 0 unspecified atom stereocenters. The second-order valence-electron chi connectivity index (χ2n) is 6.57. The number of aromatic nitrogens is 2. The third-order valence-electron chi connectivity index (χ3n) is 4.86. The number of carbonyl (C=O) groups excluding carboxylic acids is 1. The van der Waals surface area contributed by atoms with E-state index in [2.05, 4.69) is 15.5 Å². The van der Waals surface area contributed by atoms with Gasteiger partial charge in [-0.3, -0.25) is 4.79 Å². The molecule has 0 spiro atoms. The van der Waals surface area contributed by atoms with Gasteiger partial charge in [0.2, 0.25) is 0 Å². The van der Waals surface area contributed by atoms with Gasteiger partial charge in [-0.2, -0.15) is 0 Å². The zero-order valence-electron chi connectivity index (χ0n) is 14.5. The molecule has 28 heavy (non-hydrogen) atoms. The van der Waals surface area contributed by atoms with Crippen molar-refractivity contribution in [3.63, 3.8) is 0 Å². The lowest BCUT2D eigenvalue weighted by Crippen LogP contribution is -2.42. The van der Waals surface area contributed by atoms with E-state index in [1.54, 1.807) is 6.07 Å². The van der Waals surface area contributed by atoms with Crippen molar-refractivity contribution in [1.82, 2.24) is 11.5 Å². The molecule has 3 aromatic rings. The van der Waals surface area contributed by atoms with Crippen LogP contribution in [0.3, 0.4) is 0 Å². The van der Waals surface area contributed by atoms with Gasteiger partial charge in [0.05, 0.1) is 61.0 Å². The number of nitrogens with zero attached hydrogens (tertiary/aromatic N) is 3. The van der Waals surface area contributed by atoms with Crippen molar-refractivity contribution in [2.75, 3.05) is 5.32 Å². The van der Waals surface area contributed by atoms with Crippen molar-refractivity contribution in [2.45, 2.75) is 24.8 Å². The van der Waals surface area contributed by atoms with Crippen molar-refractivity contribution in [1.29, 1.82) is 0 Å². The molecule has 1 aliphatic carbocycles. The van der Waals surface area contributed by atoms with Crippen LogP contribution >= 0.6 is 57.1 Å². The van der Waals surface area contributed by atoms with Crippen LogP contribution in [0.25, 0.3) is 10.6 Å². The first-order valence-electron chi connectivity index (χ1n) is 8.61. The van der Waals surface area contributed by atoms with Gasteiger partial charge in [-0.05, 0) is 61.2 Å². The summed E-state index contributed by atoms with van der Waals surface area (Å²) in [6.45, 7) is 0. The second kappa shape index (κ2) is 8.19. The molecule has 1 amide bonds. The standard InChI is InChI=1S/C19H15FI2N4OS/c20-13-4-2-12(3-5-13)19(10-1-11-19)23-17-9-6-14(24-25-17)15-7-8-16(28-15)18(27)26(21)22/h2-9H,1,10-11H2,(H,23,25). The number of rotatable bonds is 5. The predicted molar refractivity (Wildman–Crippen MR) is 125 cm³/mol. The molecular weight excluding hydrogens is 605 g/mol. The molecule has 1 aromatic carbocycles. The number of benzene rings is 1.